The van der Waals surface area contributed by atoms with E-state index in [1.165, 1.54) is 17.4 Å². The minimum absolute atomic E-state index is 0.0631. The molecule has 0 unspecified atom stereocenters. The van der Waals surface area contributed by atoms with Crippen molar-refractivity contribution in [2.45, 2.75) is 6.92 Å². The summed E-state index contributed by atoms with van der Waals surface area (Å²) in [6, 6.07) is 1.30. The molecule has 0 aromatic carbocycles. The molecule has 2 N–H and O–H groups in total. The number of aryl methyl sites for hydroxylation is 1. The lowest BCUT2D eigenvalue weighted by molar-refractivity contribution is 0.623. The number of hydrogen-bond acceptors (Lipinski definition) is 4. The molecule has 4 heteroatoms. The molecule has 62 valence electrons. The highest BCUT2D eigenvalue weighted by molar-refractivity contribution is 7.17. The third-order valence-corrected chi connectivity index (χ3v) is 2.73. The van der Waals surface area contributed by atoms with Crippen molar-refractivity contribution in [2.75, 3.05) is 5.73 Å². The van der Waals surface area contributed by atoms with E-state index in [9.17, 15) is 4.79 Å². The molecule has 2 aromatic rings. The normalized spacial score (nSPS) is 10.8. The molecule has 0 fully saturated rings. The molecule has 0 spiro atoms. The second kappa shape index (κ2) is 2.35. The first-order valence-corrected chi connectivity index (χ1v) is 4.34. The fourth-order valence-corrected chi connectivity index (χ4v) is 1.96. The zero-order valence-corrected chi connectivity index (χ0v) is 7.27. The molecule has 0 saturated heterocycles. The van der Waals surface area contributed by atoms with Gasteiger partial charge in [0.05, 0.1) is 0 Å². The highest BCUT2D eigenvalue weighted by Gasteiger charge is 2.06. The summed E-state index contributed by atoms with van der Waals surface area (Å²) in [7, 11) is 0. The van der Waals surface area contributed by atoms with Crippen molar-refractivity contribution in [3.63, 3.8) is 0 Å². The molecule has 0 aliphatic rings. The second-order valence-electron chi connectivity index (χ2n) is 2.59. The average molecular weight is 181 g/mol. The van der Waals surface area contributed by atoms with Crippen LogP contribution in [0.15, 0.2) is 20.7 Å². The fraction of sp³-hybridized carbons (Fsp3) is 0.125. The molecule has 0 aliphatic carbocycles. The molecule has 0 bridgehead atoms. The van der Waals surface area contributed by atoms with E-state index in [4.69, 9.17) is 10.2 Å². The third kappa shape index (κ3) is 0.921. The number of rotatable bonds is 0. The van der Waals surface area contributed by atoms with Gasteiger partial charge in [-0.3, -0.25) is 4.79 Å². The standard InChI is InChI=1S/C8H7NO2S/c1-4-3-12-8-5(10)2-6(9)11-7(4)8/h2-3H,9H2,1H3. The smallest absolute Gasteiger partial charge is 0.204 e. The molecule has 2 aromatic heterocycles. The molecule has 0 atom stereocenters. The number of thiophene rings is 1. The molecular weight excluding hydrogens is 174 g/mol. The van der Waals surface area contributed by atoms with Gasteiger partial charge in [0.25, 0.3) is 0 Å². The highest BCUT2D eigenvalue weighted by atomic mass is 32.1. The maximum Gasteiger partial charge on any atom is 0.204 e. The monoisotopic (exact) mass is 181 g/mol. The average Bonchev–Trinajstić information content (AvgIpc) is 2.33. The minimum atomic E-state index is -0.0631. The van der Waals surface area contributed by atoms with Gasteiger partial charge in [0, 0.05) is 11.6 Å². The Morgan fingerprint density at radius 1 is 1.58 bits per heavy atom. The lowest BCUT2D eigenvalue weighted by Crippen LogP contribution is -1.99. The van der Waals surface area contributed by atoms with Gasteiger partial charge in [-0.15, -0.1) is 11.3 Å². The Morgan fingerprint density at radius 2 is 2.33 bits per heavy atom. The lowest BCUT2D eigenvalue weighted by Gasteiger charge is -1.92. The molecule has 3 nitrogen and oxygen atoms in total. The van der Waals surface area contributed by atoms with Crippen LogP contribution in [0, 0.1) is 6.92 Å². The van der Waals surface area contributed by atoms with E-state index in [1.807, 2.05) is 12.3 Å². The van der Waals surface area contributed by atoms with Gasteiger partial charge in [-0.2, -0.15) is 0 Å². The Bertz CT molecular complexity index is 483. The number of nitrogen functional groups attached to an aromatic ring is 1. The Balaban J connectivity index is 3.03. The van der Waals surface area contributed by atoms with Crippen molar-refractivity contribution >= 4 is 27.5 Å². The number of hydrogen-bond donors (Lipinski definition) is 1. The van der Waals surface area contributed by atoms with Gasteiger partial charge in [0.1, 0.15) is 4.70 Å². The van der Waals surface area contributed by atoms with Crippen LogP contribution in [0.1, 0.15) is 5.56 Å². The molecule has 2 rings (SSSR count). The second-order valence-corrected chi connectivity index (χ2v) is 3.47. The van der Waals surface area contributed by atoms with Crippen LogP contribution in [-0.2, 0) is 0 Å². The van der Waals surface area contributed by atoms with Crippen LogP contribution in [0.3, 0.4) is 0 Å². The van der Waals surface area contributed by atoms with Gasteiger partial charge in [0.15, 0.2) is 11.5 Å². The molecule has 2 heterocycles. The Hall–Kier alpha value is -1.29. The van der Waals surface area contributed by atoms with Crippen LogP contribution in [0.4, 0.5) is 5.88 Å². The SMILES string of the molecule is Cc1csc2c(=O)cc(N)oc12. The zero-order valence-electron chi connectivity index (χ0n) is 6.46. The zero-order chi connectivity index (χ0) is 8.72. The fourth-order valence-electron chi connectivity index (χ4n) is 1.07. The van der Waals surface area contributed by atoms with E-state index in [0.717, 1.165) is 5.56 Å². The quantitative estimate of drug-likeness (QED) is 0.673. The van der Waals surface area contributed by atoms with Crippen LogP contribution in [0.5, 0.6) is 0 Å². The predicted octanol–water partition coefficient (Wildman–Crippen LogP) is 1.75. The summed E-state index contributed by atoms with van der Waals surface area (Å²) < 4.78 is 5.84. The van der Waals surface area contributed by atoms with Crippen LogP contribution in [0.2, 0.25) is 0 Å². The minimum Gasteiger partial charge on any atom is -0.440 e. The van der Waals surface area contributed by atoms with E-state index in [1.54, 1.807) is 0 Å². The Labute approximate surface area is 72.4 Å². The number of nitrogens with two attached hydrogens (primary N) is 1. The van der Waals surface area contributed by atoms with Gasteiger partial charge < -0.3 is 10.2 Å². The lowest BCUT2D eigenvalue weighted by atomic mass is 10.3. The summed E-state index contributed by atoms with van der Waals surface area (Å²) in [6.07, 6.45) is 0. The van der Waals surface area contributed by atoms with Crippen molar-refractivity contribution < 1.29 is 4.42 Å². The van der Waals surface area contributed by atoms with E-state index >= 15 is 0 Å². The molecule has 0 radical (unpaired) electrons. The van der Waals surface area contributed by atoms with Crippen molar-refractivity contribution in [3.05, 3.63) is 27.2 Å². The number of fused-ring (bicyclic) bond motifs is 1. The molecule has 0 aliphatic heterocycles. The molecule has 12 heavy (non-hydrogen) atoms. The molecule has 0 saturated carbocycles. The van der Waals surface area contributed by atoms with Crippen LogP contribution in [-0.4, -0.2) is 0 Å². The largest absolute Gasteiger partial charge is 0.440 e. The van der Waals surface area contributed by atoms with Crippen LogP contribution >= 0.6 is 11.3 Å². The number of anilines is 1. The van der Waals surface area contributed by atoms with Gasteiger partial charge >= 0.3 is 0 Å². The van der Waals surface area contributed by atoms with Crippen LogP contribution in [0.25, 0.3) is 10.3 Å². The topological polar surface area (TPSA) is 56.2 Å². The van der Waals surface area contributed by atoms with Crippen molar-refractivity contribution in [1.82, 2.24) is 0 Å². The summed E-state index contributed by atoms with van der Waals surface area (Å²) in [5.74, 6) is 0.175. The first kappa shape index (κ1) is 7.36. The van der Waals surface area contributed by atoms with E-state index < -0.39 is 0 Å². The summed E-state index contributed by atoms with van der Waals surface area (Å²) in [4.78, 5) is 11.3. The molecule has 0 amide bonds. The first-order valence-electron chi connectivity index (χ1n) is 3.46. The first-order chi connectivity index (χ1) is 5.68. The van der Waals surface area contributed by atoms with E-state index in [0.29, 0.717) is 10.3 Å². The summed E-state index contributed by atoms with van der Waals surface area (Å²) in [5.41, 5.74) is 6.90. The maximum atomic E-state index is 11.3. The third-order valence-electron chi connectivity index (χ3n) is 1.63. The van der Waals surface area contributed by atoms with Gasteiger partial charge in [0.2, 0.25) is 5.43 Å². The van der Waals surface area contributed by atoms with Gasteiger partial charge in [-0.25, -0.2) is 0 Å². The Morgan fingerprint density at radius 3 is 3.08 bits per heavy atom. The van der Waals surface area contributed by atoms with E-state index in [-0.39, 0.29) is 11.3 Å². The molecular formula is C8H7NO2S. The summed E-state index contributed by atoms with van der Waals surface area (Å²) >= 11 is 1.39. The maximum absolute atomic E-state index is 11.3. The summed E-state index contributed by atoms with van der Waals surface area (Å²) in [5, 5.41) is 1.88. The highest BCUT2D eigenvalue weighted by Crippen LogP contribution is 2.23. The van der Waals surface area contributed by atoms with Gasteiger partial charge in [-0.05, 0) is 12.3 Å². The predicted molar refractivity (Wildman–Crippen MR) is 49.5 cm³/mol. The summed E-state index contributed by atoms with van der Waals surface area (Å²) in [6.45, 7) is 1.89. The van der Waals surface area contributed by atoms with Crippen LogP contribution < -0.4 is 11.2 Å². The van der Waals surface area contributed by atoms with Crippen molar-refractivity contribution in [1.29, 1.82) is 0 Å². The van der Waals surface area contributed by atoms with Gasteiger partial charge in [-0.1, -0.05) is 0 Å². The Kier molecular flexibility index (Phi) is 1.44. The van der Waals surface area contributed by atoms with Crippen molar-refractivity contribution in [3.8, 4) is 0 Å². The van der Waals surface area contributed by atoms with Crippen molar-refractivity contribution in [2.24, 2.45) is 0 Å². The van der Waals surface area contributed by atoms with E-state index in [2.05, 4.69) is 0 Å².